The Bertz CT molecular complexity index is 329. The van der Waals surface area contributed by atoms with Crippen molar-refractivity contribution in [3.8, 4) is 0 Å². The van der Waals surface area contributed by atoms with Crippen molar-refractivity contribution >= 4 is 23.3 Å². The number of pyridine rings is 1. The van der Waals surface area contributed by atoms with Crippen molar-refractivity contribution in [1.82, 2.24) is 4.98 Å². The second kappa shape index (κ2) is 4.75. The van der Waals surface area contributed by atoms with Crippen molar-refractivity contribution in [1.29, 1.82) is 0 Å². The van der Waals surface area contributed by atoms with E-state index < -0.39 is 0 Å². The summed E-state index contributed by atoms with van der Waals surface area (Å²) < 4.78 is 0. The van der Waals surface area contributed by atoms with Crippen molar-refractivity contribution in [3.05, 3.63) is 18.3 Å². The van der Waals surface area contributed by atoms with E-state index in [1.165, 1.54) is 19.3 Å². The van der Waals surface area contributed by atoms with E-state index in [0.717, 1.165) is 16.8 Å². The van der Waals surface area contributed by atoms with Crippen LogP contribution in [0.1, 0.15) is 19.3 Å². The maximum atomic E-state index is 5.84. The number of nitrogen functional groups attached to an aromatic ring is 1. The van der Waals surface area contributed by atoms with E-state index >= 15 is 0 Å². The van der Waals surface area contributed by atoms with Gasteiger partial charge in [0.2, 0.25) is 0 Å². The SMILES string of the molecule is CSC1CCC(Nc2ncccc2N)C1. The smallest absolute Gasteiger partial charge is 0.149 e. The first-order valence-electron chi connectivity index (χ1n) is 5.29. The molecule has 1 saturated carbocycles. The Morgan fingerprint density at radius 3 is 3.07 bits per heavy atom. The molecule has 0 aliphatic heterocycles. The van der Waals surface area contributed by atoms with Gasteiger partial charge < -0.3 is 11.1 Å². The molecule has 0 bridgehead atoms. The summed E-state index contributed by atoms with van der Waals surface area (Å²) in [5, 5.41) is 4.22. The second-order valence-corrected chi connectivity index (χ2v) is 5.09. The molecule has 4 heteroatoms. The van der Waals surface area contributed by atoms with E-state index in [2.05, 4.69) is 16.6 Å². The fraction of sp³-hybridized carbons (Fsp3) is 0.545. The first-order valence-corrected chi connectivity index (χ1v) is 6.58. The van der Waals surface area contributed by atoms with E-state index in [1.54, 1.807) is 6.20 Å². The third-order valence-corrected chi connectivity index (χ3v) is 3.99. The van der Waals surface area contributed by atoms with Gasteiger partial charge in [0.15, 0.2) is 0 Å². The van der Waals surface area contributed by atoms with Crippen LogP contribution >= 0.6 is 11.8 Å². The van der Waals surface area contributed by atoms with Crippen molar-refractivity contribution in [2.45, 2.75) is 30.6 Å². The molecule has 1 aromatic heterocycles. The van der Waals surface area contributed by atoms with E-state index in [0.29, 0.717) is 6.04 Å². The van der Waals surface area contributed by atoms with Gasteiger partial charge in [0, 0.05) is 17.5 Å². The van der Waals surface area contributed by atoms with Crippen LogP contribution in [0, 0.1) is 0 Å². The lowest BCUT2D eigenvalue weighted by Gasteiger charge is -2.14. The molecule has 1 aliphatic carbocycles. The molecule has 0 radical (unpaired) electrons. The van der Waals surface area contributed by atoms with E-state index in [-0.39, 0.29) is 0 Å². The zero-order valence-corrected chi connectivity index (χ0v) is 9.76. The number of rotatable bonds is 3. The molecule has 0 spiro atoms. The normalized spacial score (nSPS) is 25.4. The highest BCUT2D eigenvalue weighted by Crippen LogP contribution is 2.30. The van der Waals surface area contributed by atoms with Gasteiger partial charge >= 0.3 is 0 Å². The molecule has 3 N–H and O–H groups in total. The van der Waals surface area contributed by atoms with Gasteiger partial charge in [0.05, 0.1) is 5.69 Å². The largest absolute Gasteiger partial charge is 0.396 e. The van der Waals surface area contributed by atoms with Crippen LogP contribution in [0.5, 0.6) is 0 Å². The van der Waals surface area contributed by atoms with Gasteiger partial charge in [-0.1, -0.05) is 0 Å². The molecule has 0 amide bonds. The summed E-state index contributed by atoms with van der Waals surface area (Å²) >= 11 is 1.96. The van der Waals surface area contributed by atoms with Crippen molar-refractivity contribution in [3.63, 3.8) is 0 Å². The minimum Gasteiger partial charge on any atom is -0.396 e. The summed E-state index contributed by atoms with van der Waals surface area (Å²) in [5.74, 6) is 0.837. The minimum atomic E-state index is 0.541. The Morgan fingerprint density at radius 2 is 2.40 bits per heavy atom. The molecule has 0 aromatic carbocycles. The third-order valence-electron chi connectivity index (χ3n) is 2.90. The summed E-state index contributed by atoms with van der Waals surface area (Å²) in [6.45, 7) is 0. The average molecular weight is 223 g/mol. The minimum absolute atomic E-state index is 0.541. The van der Waals surface area contributed by atoms with E-state index in [4.69, 9.17) is 5.73 Å². The number of aromatic nitrogens is 1. The molecule has 82 valence electrons. The first-order chi connectivity index (χ1) is 7.29. The number of nitrogens with one attached hydrogen (secondary N) is 1. The molecule has 1 heterocycles. The Morgan fingerprint density at radius 1 is 1.53 bits per heavy atom. The van der Waals surface area contributed by atoms with Gasteiger partial charge in [-0.05, 0) is 37.7 Å². The fourth-order valence-corrected chi connectivity index (χ4v) is 2.81. The highest BCUT2D eigenvalue weighted by Gasteiger charge is 2.24. The zero-order chi connectivity index (χ0) is 10.7. The lowest BCUT2D eigenvalue weighted by atomic mass is 10.2. The maximum absolute atomic E-state index is 5.84. The van der Waals surface area contributed by atoms with Gasteiger partial charge in [-0.15, -0.1) is 0 Å². The molecular formula is C11H17N3S. The van der Waals surface area contributed by atoms with Crippen LogP contribution < -0.4 is 11.1 Å². The fourth-order valence-electron chi connectivity index (χ4n) is 2.02. The molecule has 1 aromatic rings. The summed E-state index contributed by atoms with van der Waals surface area (Å²) in [6, 6.07) is 4.29. The lowest BCUT2D eigenvalue weighted by molar-refractivity contribution is 0.753. The number of anilines is 2. The Kier molecular flexibility index (Phi) is 3.36. The van der Waals surface area contributed by atoms with Crippen molar-refractivity contribution < 1.29 is 0 Å². The van der Waals surface area contributed by atoms with Crippen LogP contribution in [-0.2, 0) is 0 Å². The van der Waals surface area contributed by atoms with Gasteiger partial charge in [0.1, 0.15) is 5.82 Å². The third kappa shape index (κ3) is 2.56. The van der Waals surface area contributed by atoms with Gasteiger partial charge in [0.25, 0.3) is 0 Å². The molecule has 3 nitrogen and oxygen atoms in total. The van der Waals surface area contributed by atoms with Crippen molar-refractivity contribution in [2.75, 3.05) is 17.3 Å². The topological polar surface area (TPSA) is 50.9 Å². The molecule has 0 saturated heterocycles. The number of thioether (sulfide) groups is 1. The summed E-state index contributed by atoms with van der Waals surface area (Å²) in [7, 11) is 0. The highest BCUT2D eigenvalue weighted by atomic mass is 32.2. The number of hydrogen-bond acceptors (Lipinski definition) is 4. The molecule has 2 atom stereocenters. The van der Waals surface area contributed by atoms with Crippen LogP contribution in [0.3, 0.4) is 0 Å². The molecule has 2 unspecified atom stereocenters. The standard InChI is InChI=1S/C11H17N3S/c1-15-9-5-4-8(7-9)14-11-10(12)3-2-6-13-11/h2-3,6,8-9H,4-5,7,12H2,1H3,(H,13,14). The summed E-state index contributed by atoms with van der Waals surface area (Å²) in [6.07, 6.45) is 7.70. The molecular weight excluding hydrogens is 206 g/mol. The first kappa shape index (κ1) is 10.6. The quantitative estimate of drug-likeness (QED) is 0.826. The average Bonchev–Trinajstić information content (AvgIpc) is 2.69. The van der Waals surface area contributed by atoms with E-state index in [9.17, 15) is 0 Å². The van der Waals surface area contributed by atoms with Gasteiger partial charge in [-0.2, -0.15) is 11.8 Å². The predicted octanol–water partition coefficient (Wildman–Crippen LogP) is 2.36. The van der Waals surface area contributed by atoms with E-state index in [1.807, 2.05) is 23.9 Å². The van der Waals surface area contributed by atoms with Gasteiger partial charge in [-0.25, -0.2) is 4.98 Å². The molecule has 2 rings (SSSR count). The van der Waals surface area contributed by atoms with Gasteiger partial charge in [-0.3, -0.25) is 0 Å². The Labute approximate surface area is 94.8 Å². The van der Waals surface area contributed by atoms with Crippen LogP contribution in [0.4, 0.5) is 11.5 Å². The number of nitrogens with two attached hydrogens (primary N) is 1. The summed E-state index contributed by atoms with van der Waals surface area (Å²) in [4.78, 5) is 4.25. The highest BCUT2D eigenvalue weighted by molar-refractivity contribution is 7.99. The van der Waals surface area contributed by atoms with Crippen molar-refractivity contribution in [2.24, 2.45) is 0 Å². The number of nitrogens with zero attached hydrogens (tertiary/aromatic N) is 1. The Balaban J connectivity index is 1.96. The molecule has 1 aliphatic rings. The monoisotopic (exact) mass is 223 g/mol. The lowest BCUT2D eigenvalue weighted by Crippen LogP contribution is -2.17. The number of hydrogen-bond donors (Lipinski definition) is 2. The second-order valence-electron chi connectivity index (χ2n) is 3.95. The van der Waals surface area contributed by atoms with Crippen LogP contribution in [-0.4, -0.2) is 22.5 Å². The Hall–Kier alpha value is -0.900. The predicted molar refractivity (Wildman–Crippen MR) is 67.2 cm³/mol. The maximum Gasteiger partial charge on any atom is 0.149 e. The van der Waals surface area contributed by atoms with Crippen LogP contribution in [0.2, 0.25) is 0 Å². The molecule has 15 heavy (non-hydrogen) atoms. The van der Waals surface area contributed by atoms with Crippen LogP contribution in [0.25, 0.3) is 0 Å². The van der Waals surface area contributed by atoms with Crippen LogP contribution in [0.15, 0.2) is 18.3 Å². The summed E-state index contributed by atoms with van der Waals surface area (Å²) in [5.41, 5.74) is 6.58. The zero-order valence-electron chi connectivity index (χ0n) is 8.94. The molecule has 1 fully saturated rings.